The summed E-state index contributed by atoms with van der Waals surface area (Å²) in [7, 11) is 0. The highest BCUT2D eigenvalue weighted by atomic mass is 16.2. The number of aromatic nitrogens is 1. The number of rotatable bonds is 1. The Hall–Kier alpha value is -1.85. The first-order valence-corrected chi connectivity index (χ1v) is 8.06. The van der Waals surface area contributed by atoms with Gasteiger partial charge in [0, 0.05) is 36.2 Å². The molecule has 116 valence electrons. The summed E-state index contributed by atoms with van der Waals surface area (Å²) in [4.78, 5) is 17.3. The third-order valence-electron chi connectivity index (χ3n) is 5.27. The minimum atomic E-state index is -0.0159. The van der Waals surface area contributed by atoms with Crippen LogP contribution in [0.25, 0.3) is 10.9 Å². The largest absolute Gasteiger partial charge is 0.357 e. The van der Waals surface area contributed by atoms with Crippen molar-refractivity contribution in [1.82, 2.24) is 15.2 Å². The van der Waals surface area contributed by atoms with Gasteiger partial charge in [-0.25, -0.2) is 0 Å². The maximum atomic E-state index is 11.8. The van der Waals surface area contributed by atoms with Crippen molar-refractivity contribution in [1.29, 1.82) is 0 Å². The van der Waals surface area contributed by atoms with E-state index in [9.17, 15) is 4.79 Å². The van der Waals surface area contributed by atoms with Crippen molar-refractivity contribution in [3.8, 4) is 0 Å². The minimum absolute atomic E-state index is 0.0159. The van der Waals surface area contributed by atoms with Crippen molar-refractivity contribution >= 4 is 16.8 Å². The van der Waals surface area contributed by atoms with Crippen LogP contribution in [0.5, 0.6) is 0 Å². The van der Waals surface area contributed by atoms with E-state index in [4.69, 9.17) is 5.73 Å². The van der Waals surface area contributed by atoms with Gasteiger partial charge in [0.15, 0.2) is 0 Å². The third-order valence-corrected chi connectivity index (χ3v) is 5.27. The highest BCUT2D eigenvalue weighted by Gasteiger charge is 2.41. The third kappa shape index (κ3) is 1.96. The molecule has 1 aromatic carbocycles. The molecule has 5 heteroatoms. The van der Waals surface area contributed by atoms with E-state index in [0.29, 0.717) is 0 Å². The van der Waals surface area contributed by atoms with E-state index in [-0.39, 0.29) is 18.0 Å². The molecule has 4 rings (SSSR count). The molecule has 22 heavy (non-hydrogen) atoms. The molecule has 0 bridgehead atoms. The minimum Gasteiger partial charge on any atom is -0.357 e. The molecule has 3 heterocycles. The lowest BCUT2D eigenvalue weighted by Gasteiger charge is -2.44. The molecule has 2 aliphatic heterocycles. The van der Waals surface area contributed by atoms with E-state index < -0.39 is 0 Å². The number of aromatic amines is 1. The number of fused-ring (bicyclic) bond motifs is 4. The Morgan fingerprint density at radius 3 is 2.82 bits per heavy atom. The number of piperidine rings is 1. The van der Waals surface area contributed by atoms with Crippen LogP contribution in [-0.4, -0.2) is 42.0 Å². The Morgan fingerprint density at radius 2 is 2.05 bits per heavy atom. The highest BCUT2D eigenvalue weighted by Crippen LogP contribution is 2.39. The van der Waals surface area contributed by atoms with Gasteiger partial charge in [-0.05, 0) is 30.9 Å². The van der Waals surface area contributed by atoms with E-state index >= 15 is 0 Å². The van der Waals surface area contributed by atoms with Crippen LogP contribution in [0.15, 0.2) is 24.3 Å². The van der Waals surface area contributed by atoms with Crippen LogP contribution in [0, 0.1) is 0 Å². The number of nitrogens with one attached hydrogen (secondary N) is 2. The van der Waals surface area contributed by atoms with Crippen LogP contribution >= 0.6 is 0 Å². The molecule has 4 N–H and O–H groups in total. The molecule has 1 aromatic heterocycles. The molecular weight excluding hydrogens is 276 g/mol. The summed E-state index contributed by atoms with van der Waals surface area (Å²) in [6, 6.07) is 8.53. The number of amides is 1. The van der Waals surface area contributed by atoms with Crippen LogP contribution in [0.4, 0.5) is 0 Å². The van der Waals surface area contributed by atoms with Crippen molar-refractivity contribution < 1.29 is 4.79 Å². The summed E-state index contributed by atoms with van der Waals surface area (Å²) in [5.74, 6) is 0.0579. The summed E-state index contributed by atoms with van der Waals surface area (Å²) in [6.07, 6.45) is 2.95. The van der Waals surface area contributed by atoms with E-state index in [1.54, 1.807) is 0 Å². The van der Waals surface area contributed by atoms with E-state index in [2.05, 4.69) is 34.6 Å². The number of nitrogens with zero attached hydrogens (tertiary/aromatic N) is 1. The lowest BCUT2D eigenvalue weighted by Crippen LogP contribution is -2.55. The topological polar surface area (TPSA) is 74.2 Å². The number of H-pyrrole nitrogens is 1. The van der Waals surface area contributed by atoms with Crippen molar-refractivity contribution in [3.05, 3.63) is 35.5 Å². The maximum Gasteiger partial charge on any atom is 0.236 e. The van der Waals surface area contributed by atoms with Gasteiger partial charge in [0.2, 0.25) is 5.91 Å². The maximum absolute atomic E-state index is 11.8. The molecule has 0 radical (unpaired) electrons. The molecule has 1 fully saturated rings. The summed E-state index contributed by atoms with van der Waals surface area (Å²) >= 11 is 0. The standard InChI is InChI=1S/C17H22N4O/c18-11-15(22)21-9-6-17(7-10-21)16-13(5-8-19-17)12-3-1-2-4-14(12)20-16/h1-4,19-20H,5-11,18H2. The number of likely N-dealkylation sites (tertiary alicyclic amines) is 1. The first-order chi connectivity index (χ1) is 10.7. The fourth-order valence-corrected chi connectivity index (χ4v) is 4.08. The van der Waals surface area contributed by atoms with Gasteiger partial charge in [-0.2, -0.15) is 0 Å². The number of hydrogen-bond acceptors (Lipinski definition) is 3. The van der Waals surface area contributed by atoms with Gasteiger partial charge in [-0.1, -0.05) is 18.2 Å². The van der Waals surface area contributed by atoms with Crippen molar-refractivity contribution in [2.24, 2.45) is 5.73 Å². The molecule has 0 saturated carbocycles. The van der Waals surface area contributed by atoms with E-state index in [1.165, 1.54) is 22.2 Å². The molecule has 0 unspecified atom stereocenters. The number of carbonyl (C=O) groups excluding carboxylic acids is 1. The summed E-state index contributed by atoms with van der Waals surface area (Å²) in [6.45, 7) is 2.66. The molecule has 1 spiro atoms. The average molecular weight is 298 g/mol. The van der Waals surface area contributed by atoms with Crippen molar-refractivity contribution in [2.75, 3.05) is 26.2 Å². The van der Waals surface area contributed by atoms with Crippen LogP contribution in [0.2, 0.25) is 0 Å². The number of nitrogens with two attached hydrogens (primary N) is 1. The monoisotopic (exact) mass is 298 g/mol. The first kappa shape index (κ1) is 13.8. The molecular formula is C17H22N4O. The second kappa shape index (κ2) is 5.11. The Morgan fingerprint density at radius 1 is 1.27 bits per heavy atom. The Labute approximate surface area is 129 Å². The van der Waals surface area contributed by atoms with Crippen molar-refractivity contribution in [2.45, 2.75) is 24.8 Å². The second-order valence-electron chi connectivity index (χ2n) is 6.37. The van der Waals surface area contributed by atoms with Crippen LogP contribution in [0.1, 0.15) is 24.1 Å². The van der Waals surface area contributed by atoms with Gasteiger partial charge in [-0.3, -0.25) is 4.79 Å². The van der Waals surface area contributed by atoms with Crippen LogP contribution in [0.3, 0.4) is 0 Å². The quantitative estimate of drug-likeness (QED) is 0.738. The predicted molar refractivity (Wildman–Crippen MR) is 86.6 cm³/mol. The zero-order chi connectivity index (χ0) is 15.2. The number of benzene rings is 1. The fourth-order valence-electron chi connectivity index (χ4n) is 4.08. The van der Waals surface area contributed by atoms with Gasteiger partial charge in [0.05, 0.1) is 12.1 Å². The Balaban J connectivity index is 1.70. The molecule has 2 aliphatic rings. The fraction of sp³-hybridized carbons (Fsp3) is 0.471. The molecule has 0 aliphatic carbocycles. The van der Waals surface area contributed by atoms with Gasteiger partial charge in [0.25, 0.3) is 0 Å². The number of carbonyl (C=O) groups is 1. The molecule has 2 aromatic rings. The summed E-state index contributed by atoms with van der Waals surface area (Å²) < 4.78 is 0. The highest BCUT2D eigenvalue weighted by molar-refractivity contribution is 5.85. The van der Waals surface area contributed by atoms with E-state index in [1.807, 2.05) is 4.90 Å². The smallest absolute Gasteiger partial charge is 0.236 e. The zero-order valence-corrected chi connectivity index (χ0v) is 12.7. The van der Waals surface area contributed by atoms with Crippen molar-refractivity contribution in [3.63, 3.8) is 0 Å². The molecule has 1 amide bonds. The predicted octanol–water partition coefficient (Wildman–Crippen LogP) is 1.09. The summed E-state index contributed by atoms with van der Waals surface area (Å²) in [5.41, 5.74) is 9.47. The van der Waals surface area contributed by atoms with Gasteiger partial charge in [0.1, 0.15) is 0 Å². The second-order valence-corrected chi connectivity index (χ2v) is 6.37. The molecule has 5 nitrogen and oxygen atoms in total. The number of para-hydroxylation sites is 1. The van der Waals surface area contributed by atoms with E-state index in [0.717, 1.165) is 38.9 Å². The molecule has 1 saturated heterocycles. The SMILES string of the molecule is NCC(=O)N1CCC2(CC1)NCCc1c2[nH]c2ccccc12. The summed E-state index contributed by atoms with van der Waals surface area (Å²) in [5, 5.41) is 5.07. The average Bonchev–Trinajstić information content (AvgIpc) is 2.96. The Kier molecular flexibility index (Phi) is 3.20. The van der Waals surface area contributed by atoms with Gasteiger partial charge in [-0.15, -0.1) is 0 Å². The normalized spacial score (nSPS) is 20.3. The first-order valence-electron chi connectivity index (χ1n) is 8.06. The lowest BCUT2D eigenvalue weighted by atomic mass is 9.79. The Bertz CT molecular complexity index is 713. The van der Waals surface area contributed by atoms with Crippen LogP contribution in [-0.2, 0) is 16.8 Å². The lowest BCUT2D eigenvalue weighted by molar-refractivity contribution is -0.131. The van der Waals surface area contributed by atoms with Gasteiger partial charge < -0.3 is 20.9 Å². The van der Waals surface area contributed by atoms with Crippen LogP contribution < -0.4 is 11.1 Å². The number of hydrogen-bond donors (Lipinski definition) is 3. The van der Waals surface area contributed by atoms with Gasteiger partial charge >= 0.3 is 0 Å². The molecule has 0 atom stereocenters. The zero-order valence-electron chi connectivity index (χ0n) is 12.7.